The SMILES string of the molecule is Cc1ccc(N2CC(C)Cn3c2nc2c3c(=O)n(CC(=O)c3ccccc3)c(=O)n2C)cc1. The summed E-state index contributed by atoms with van der Waals surface area (Å²) in [6.07, 6.45) is 0. The van der Waals surface area contributed by atoms with E-state index in [-0.39, 0.29) is 18.2 Å². The summed E-state index contributed by atoms with van der Waals surface area (Å²) in [5, 5.41) is 0. The summed E-state index contributed by atoms with van der Waals surface area (Å²) in [6, 6.07) is 16.8. The number of hydrogen-bond acceptors (Lipinski definition) is 5. The molecule has 0 saturated carbocycles. The molecule has 168 valence electrons. The molecule has 1 aliphatic rings. The molecule has 4 aromatic rings. The first-order valence-electron chi connectivity index (χ1n) is 11.0. The van der Waals surface area contributed by atoms with Crippen LogP contribution in [0, 0.1) is 12.8 Å². The molecule has 0 saturated heterocycles. The lowest BCUT2D eigenvalue weighted by atomic mass is 10.1. The van der Waals surface area contributed by atoms with Gasteiger partial charge in [0.2, 0.25) is 5.95 Å². The molecular weight excluding hydrogens is 418 g/mol. The zero-order chi connectivity index (χ0) is 23.3. The predicted octanol–water partition coefficient (Wildman–Crippen LogP) is 2.88. The molecule has 0 amide bonds. The van der Waals surface area contributed by atoms with E-state index in [0.717, 1.165) is 22.4 Å². The van der Waals surface area contributed by atoms with Crippen LogP contribution in [0.4, 0.5) is 11.6 Å². The van der Waals surface area contributed by atoms with E-state index in [0.29, 0.717) is 29.2 Å². The Morgan fingerprint density at radius 3 is 2.42 bits per heavy atom. The number of nitrogens with zero attached hydrogens (tertiary/aromatic N) is 5. The fourth-order valence-corrected chi connectivity index (χ4v) is 4.45. The van der Waals surface area contributed by atoms with Crippen molar-refractivity contribution in [2.75, 3.05) is 11.4 Å². The van der Waals surface area contributed by atoms with Gasteiger partial charge in [0, 0.05) is 31.4 Å². The Balaban J connectivity index is 1.68. The van der Waals surface area contributed by atoms with E-state index < -0.39 is 11.2 Å². The molecule has 0 fully saturated rings. The van der Waals surface area contributed by atoms with Crippen LogP contribution in [0.5, 0.6) is 0 Å². The van der Waals surface area contributed by atoms with Gasteiger partial charge in [-0.05, 0) is 25.0 Å². The summed E-state index contributed by atoms with van der Waals surface area (Å²) in [5.41, 5.74) is 2.22. The van der Waals surface area contributed by atoms with E-state index in [1.54, 1.807) is 31.3 Å². The number of aromatic nitrogens is 4. The molecule has 0 N–H and O–H groups in total. The van der Waals surface area contributed by atoms with Crippen LogP contribution in [0.15, 0.2) is 64.2 Å². The fraction of sp³-hybridized carbons (Fsp3) is 0.280. The average molecular weight is 444 g/mol. The lowest BCUT2D eigenvalue weighted by Crippen LogP contribution is -2.42. The Labute approximate surface area is 190 Å². The number of Topliss-reactive ketones (excluding diaryl/α,β-unsaturated/α-hetero) is 1. The standard InChI is InChI=1S/C25H25N5O3/c1-16-9-11-19(12-10-16)28-13-17(2)14-29-21-22(26-24(28)29)27(3)25(33)30(23(21)32)15-20(31)18-7-5-4-6-8-18/h4-12,17H,13-15H2,1-3H3. The smallest absolute Gasteiger partial charge is 0.312 e. The first kappa shape index (κ1) is 20.9. The summed E-state index contributed by atoms with van der Waals surface area (Å²) in [5.74, 6) is 0.598. The monoisotopic (exact) mass is 443 g/mol. The van der Waals surface area contributed by atoms with E-state index in [2.05, 4.69) is 11.8 Å². The summed E-state index contributed by atoms with van der Waals surface area (Å²) < 4.78 is 4.26. The van der Waals surface area contributed by atoms with Gasteiger partial charge in [0.05, 0.1) is 6.54 Å². The van der Waals surface area contributed by atoms with Gasteiger partial charge in [-0.1, -0.05) is 55.0 Å². The average Bonchev–Trinajstić information content (AvgIpc) is 3.20. The molecule has 33 heavy (non-hydrogen) atoms. The Morgan fingerprint density at radius 2 is 1.73 bits per heavy atom. The van der Waals surface area contributed by atoms with Crippen molar-refractivity contribution < 1.29 is 4.79 Å². The van der Waals surface area contributed by atoms with E-state index in [9.17, 15) is 14.4 Å². The third-order valence-corrected chi connectivity index (χ3v) is 6.19. The molecular formula is C25H25N5O3. The van der Waals surface area contributed by atoms with Crippen LogP contribution < -0.4 is 16.1 Å². The van der Waals surface area contributed by atoms with Crippen molar-refractivity contribution in [1.29, 1.82) is 0 Å². The summed E-state index contributed by atoms with van der Waals surface area (Å²) in [7, 11) is 1.59. The first-order valence-corrected chi connectivity index (χ1v) is 11.0. The Bertz CT molecular complexity index is 1480. The van der Waals surface area contributed by atoms with Crippen LogP contribution in [-0.4, -0.2) is 31.0 Å². The highest BCUT2D eigenvalue weighted by Crippen LogP contribution is 2.32. The van der Waals surface area contributed by atoms with Gasteiger partial charge in [0.25, 0.3) is 5.56 Å². The molecule has 0 spiro atoms. The topological polar surface area (TPSA) is 82.1 Å². The predicted molar refractivity (Wildman–Crippen MR) is 127 cm³/mol. The number of benzene rings is 2. The van der Waals surface area contributed by atoms with Gasteiger partial charge >= 0.3 is 5.69 Å². The molecule has 2 aromatic heterocycles. The number of ketones is 1. The molecule has 5 rings (SSSR count). The van der Waals surface area contributed by atoms with Crippen LogP contribution in [0.1, 0.15) is 22.8 Å². The van der Waals surface area contributed by atoms with Crippen molar-refractivity contribution in [1.82, 2.24) is 18.7 Å². The number of rotatable bonds is 4. The molecule has 8 heteroatoms. The van der Waals surface area contributed by atoms with Crippen LogP contribution in [0.2, 0.25) is 0 Å². The number of anilines is 2. The van der Waals surface area contributed by atoms with Crippen LogP contribution in [0.3, 0.4) is 0 Å². The molecule has 8 nitrogen and oxygen atoms in total. The second-order valence-corrected chi connectivity index (χ2v) is 8.77. The largest absolute Gasteiger partial charge is 0.332 e. The van der Waals surface area contributed by atoms with Gasteiger partial charge in [-0.3, -0.25) is 18.7 Å². The van der Waals surface area contributed by atoms with Gasteiger partial charge < -0.3 is 9.47 Å². The third kappa shape index (κ3) is 3.47. The van der Waals surface area contributed by atoms with Crippen LogP contribution >= 0.6 is 0 Å². The molecule has 2 aromatic carbocycles. The first-order chi connectivity index (χ1) is 15.8. The summed E-state index contributed by atoms with van der Waals surface area (Å²) >= 11 is 0. The Kier molecular flexibility index (Phi) is 5.00. The highest BCUT2D eigenvalue weighted by Gasteiger charge is 2.30. The van der Waals surface area contributed by atoms with Crippen molar-refractivity contribution in [2.24, 2.45) is 13.0 Å². The minimum atomic E-state index is -0.554. The number of carbonyl (C=O) groups excluding carboxylic acids is 1. The second-order valence-electron chi connectivity index (χ2n) is 8.77. The van der Waals surface area contributed by atoms with Gasteiger partial charge in [-0.15, -0.1) is 0 Å². The summed E-state index contributed by atoms with van der Waals surface area (Å²) in [4.78, 5) is 46.1. The quantitative estimate of drug-likeness (QED) is 0.453. The fourth-order valence-electron chi connectivity index (χ4n) is 4.45. The zero-order valence-electron chi connectivity index (χ0n) is 18.9. The molecule has 1 atom stereocenters. The van der Waals surface area contributed by atoms with Crippen LogP contribution in [-0.2, 0) is 20.1 Å². The van der Waals surface area contributed by atoms with Crippen molar-refractivity contribution in [3.8, 4) is 0 Å². The molecule has 0 radical (unpaired) electrons. The Morgan fingerprint density at radius 1 is 1.03 bits per heavy atom. The molecule has 0 bridgehead atoms. The highest BCUT2D eigenvalue weighted by molar-refractivity contribution is 5.96. The molecule has 1 aliphatic heterocycles. The number of fused-ring (bicyclic) bond motifs is 3. The van der Waals surface area contributed by atoms with E-state index >= 15 is 0 Å². The normalized spacial score (nSPS) is 15.6. The van der Waals surface area contributed by atoms with Crippen LogP contribution in [0.25, 0.3) is 11.2 Å². The van der Waals surface area contributed by atoms with Crippen molar-refractivity contribution in [3.05, 3.63) is 86.6 Å². The zero-order valence-corrected chi connectivity index (χ0v) is 18.9. The van der Waals surface area contributed by atoms with Crippen molar-refractivity contribution in [3.63, 3.8) is 0 Å². The number of aryl methyl sites for hydroxylation is 2. The molecule has 3 heterocycles. The number of imidazole rings is 1. The van der Waals surface area contributed by atoms with E-state index in [1.807, 2.05) is 41.8 Å². The maximum absolute atomic E-state index is 13.5. The van der Waals surface area contributed by atoms with Crippen molar-refractivity contribution in [2.45, 2.75) is 26.9 Å². The van der Waals surface area contributed by atoms with Gasteiger partial charge in [0.1, 0.15) is 0 Å². The van der Waals surface area contributed by atoms with Crippen molar-refractivity contribution >= 4 is 28.6 Å². The van der Waals surface area contributed by atoms with E-state index in [4.69, 9.17) is 4.98 Å². The maximum atomic E-state index is 13.5. The summed E-state index contributed by atoms with van der Waals surface area (Å²) in [6.45, 7) is 5.20. The number of hydrogen-bond donors (Lipinski definition) is 0. The highest BCUT2D eigenvalue weighted by atomic mass is 16.2. The van der Waals surface area contributed by atoms with Gasteiger partial charge in [0.15, 0.2) is 16.9 Å². The van der Waals surface area contributed by atoms with Gasteiger partial charge in [-0.25, -0.2) is 4.79 Å². The maximum Gasteiger partial charge on any atom is 0.332 e. The Hall–Kier alpha value is -3.94. The number of carbonyl (C=O) groups is 1. The van der Waals surface area contributed by atoms with Gasteiger partial charge in [-0.2, -0.15) is 4.98 Å². The second kappa shape index (κ2) is 7.88. The van der Waals surface area contributed by atoms with E-state index in [1.165, 1.54) is 4.57 Å². The lowest BCUT2D eigenvalue weighted by molar-refractivity contribution is 0.0969. The third-order valence-electron chi connectivity index (χ3n) is 6.19. The minimum Gasteiger partial charge on any atom is -0.312 e. The minimum absolute atomic E-state index is 0.257. The lowest BCUT2D eigenvalue weighted by Gasteiger charge is -2.33. The molecule has 0 aliphatic carbocycles. The molecule has 1 unspecified atom stereocenters.